The number of hydrogen-bond acceptors (Lipinski definition) is 6. The molecule has 1 saturated carbocycles. The van der Waals surface area contributed by atoms with Gasteiger partial charge in [0.15, 0.2) is 17.3 Å². The van der Waals surface area contributed by atoms with Crippen molar-refractivity contribution in [2.75, 3.05) is 31.3 Å². The summed E-state index contributed by atoms with van der Waals surface area (Å²) in [5.41, 5.74) is -1.56. The molecule has 3 N–H and O–H groups in total. The van der Waals surface area contributed by atoms with Gasteiger partial charge in [0.25, 0.3) is 0 Å². The minimum absolute atomic E-state index is 0.0938. The van der Waals surface area contributed by atoms with Crippen LogP contribution in [0.3, 0.4) is 0 Å². The highest BCUT2D eigenvalue weighted by Crippen LogP contribution is 2.34. The summed E-state index contributed by atoms with van der Waals surface area (Å²) in [6, 6.07) is 7.44. The van der Waals surface area contributed by atoms with E-state index in [2.05, 4.69) is 26.1 Å². The zero-order valence-electron chi connectivity index (χ0n) is 23.0. The van der Waals surface area contributed by atoms with Crippen LogP contribution >= 0.6 is 0 Å². The number of carboxylic acid groups (broad SMARTS) is 1. The number of carboxylic acids is 1. The quantitative estimate of drug-likeness (QED) is 0.285. The van der Waals surface area contributed by atoms with Gasteiger partial charge in [-0.25, -0.2) is 4.79 Å². The van der Waals surface area contributed by atoms with E-state index in [4.69, 9.17) is 4.52 Å². The summed E-state index contributed by atoms with van der Waals surface area (Å²) in [5.74, 6) is -1.50. The van der Waals surface area contributed by atoms with Crippen LogP contribution < -0.4 is 15.3 Å². The number of carbonyl (C=O) groups excluding carboxylic acids is 2. The van der Waals surface area contributed by atoms with Gasteiger partial charge in [0.05, 0.1) is 17.5 Å². The maximum Gasteiger partial charge on any atom is 0.416 e. The highest BCUT2D eigenvalue weighted by atomic mass is 19.4. The summed E-state index contributed by atoms with van der Waals surface area (Å²) in [7, 11) is 4.08. The first kappa shape index (κ1) is 30.5. The van der Waals surface area contributed by atoms with E-state index in [0.29, 0.717) is 18.1 Å². The van der Waals surface area contributed by atoms with Crippen LogP contribution in [0.1, 0.15) is 53.2 Å². The largest absolute Gasteiger partial charge is 0.478 e. The molecule has 0 bridgehead atoms. The predicted octanol–water partition coefficient (Wildman–Crippen LogP) is 5.39. The topological polar surface area (TPSA) is 143 Å². The van der Waals surface area contributed by atoms with Crippen LogP contribution in [0.5, 0.6) is 0 Å². The zero-order chi connectivity index (χ0) is 30.4. The fraction of sp³-hybridized carbons (Fsp3) is 0.393. The first-order valence-corrected chi connectivity index (χ1v) is 13.3. The number of alkyl halides is 3. The molecule has 224 valence electrons. The third-order valence-corrected chi connectivity index (χ3v) is 6.89. The van der Waals surface area contributed by atoms with Crippen LogP contribution in [0.25, 0.3) is 5.32 Å². The van der Waals surface area contributed by atoms with E-state index >= 15 is 0 Å². The van der Waals surface area contributed by atoms with Gasteiger partial charge >= 0.3 is 12.1 Å². The van der Waals surface area contributed by atoms with Gasteiger partial charge in [-0.3, -0.25) is 9.59 Å². The van der Waals surface area contributed by atoms with Gasteiger partial charge in [0, 0.05) is 25.1 Å². The molecule has 1 fully saturated rings. The molecule has 1 aliphatic rings. The Morgan fingerprint density at radius 2 is 1.74 bits per heavy atom. The van der Waals surface area contributed by atoms with Crippen molar-refractivity contribution in [2.45, 2.75) is 44.3 Å². The Hall–Kier alpha value is -4.46. The van der Waals surface area contributed by atoms with E-state index in [-0.39, 0.29) is 34.4 Å². The van der Waals surface area contributed by atoms with E-state index in [0.717, 1.165) is 38.3 Å². The maximum absolute atomic E-state index is 13.6. The number of rotatable bonds is 9. The van der Waals surface area contributed by atoms with Crippen LogP contribution in [0.15, 0.2) is 53.2 Å². The summed E-state index contributed by atoms with van der Waals surface area (Å²) >= 11 is 0. The van der Waals surface area contributed by atoms with E-state index < -0.39 is 36.1 Å². The Bertz CT molecular complexity index is 1430. The highest BCUT2D eigenvalue weighted by Gasteiger charge is 2.32. The molecule has 0 unspecified atom stereocenters. The number of urea groups is 1. The fourth-order valence-corrected chi connectivity index (χ4v) is 5.03. The van der Waals surface area contributed by atoms with Crippen LogP contribution in [0.2, 0.25) is 0 Å². The number of anilines is 2. The molecule has 0 aliphatic heterocycles. The number of aromatic carboxylic acids is 1. The third kappa shape index (κ3) is 8.28. The van der Waals surface area contributed by atoms with Gasteiger partial charge < -0.3 is 30.5 Å². The Morgan fingerprint density at radius 1 is 1.07 bits per heavy atom. The molecule has 1 aliphatic carbocycles. The maximum atomic E-state index is 13.6. The third-order valence-electron chi connectivity index (χ3n) is 6.89. The van der Waals surface area contributed by atoms with Crippen LogP contribution in [0.4, 0.5) is 35.2 Å². The average molecular weight is 589 g/mol. The van der Waals surface area contributed by atoms with Crippen molar-refractivity contribution >= 4 is 35.2 Å². The number of nitrogens with zero attached hydrogens (tertiary/aromatic N) is 4. The van der Waals surface area contributed by atoms with Crippen LogP contribution in [0, 0.1) is 5.92 Å². The monoisotopic (exact) mass is 588 g/mol. The summed E-state index contributed by atoms with van der Waals surface area (Å²) in [5, 5.41) is 21.6. The molecule has 2 aromatic carbocycles. The second kappa shape index (κ2) is 13.0. The normalized spacial score (nSPS) is 17.1. The van der Waals surface area contributed by atoms with E-state index in [1.165, 1.54) is 24.4 Å². The van der Waals surface area contributed by atoms with E-state index in [1.54, 1.807) is 10.7 Å². The van der Waals surface area contributed by atoms with Crippen molar-refractivity contribution in [1.29, 1.82) is 0 Å². The Balaban J connectivity index is 1.40. The van der Waals surface area contributed by atoms with Crippen molar-refractivity contribution in [3.05, 3.63) is 70.7 Å². The Labute approximate surface area is 239 Å². The van der Waals surface area contributed by atoms with E-state index in [9.17, 15) is 32.7 Å². The lowest BCUT2D eigenvalue weighted by atomic mass is 9.86. The smallest absolute Gasteiger partial charge is 0.416 e. The first-order chi connectivity index (χ1) is 19.9. The standard InChI is InChI=1S/C28H31F3N6O5/c1-36(2)15-17-7-9-22(10-8-17)37-16-25(42-35-37)34-27(41)33-21-13-19(28(29,30)31)12-20(14-21)32-24(38)11-18-5-3-4-6-23(18)26(39)40/h3-6,12-14,16-17,22H,7-11,15H2,1-2H3,(H3-,32,33,34,35,38,39,40,41). The summed E-state index contributed by atoms with van der Waals surface area (Å²) in [4.78, 5) is 38.7. The average Bonchev–Trinajstić information content (AvgIpc) is 3.36. The number of amides is 3. The SMILES string of the molecule is CN(C)CC1CCC([n+]2cc([N-]C(=O)Nc3cc(NC(=O)Cc4ccccc4C(=O)O)cc(C(F)(F)F)c3)on2)CC1. The number of halogens is 3. The summed E-state index contributed by atoms with van der Waals surface area (Å²) in [6.07, 6.45) is 0.132. The van der Waals surface area contributed by atoms with Crippen molar-refractivity contribution in [2.24, 2.45) is 5.92 Å². The molecule has 14 heteroatoms. The van der Waals surface area contributed by atoms with Gasteiger partial charge in [-0.2, -0.15) is 13.2 Å². The molecule has 0 radical (unpaired) electrons. The molecule has 0 atom stereocenters. The molecule has 3 aromatic rings. The lowest BCUT2D eigenvalue weighted by Gasteiger charge is -2.26. The van der Waals surface area contributed by atoms with Crippen LogP contribution in [-0.2, 0) is 17.4 Å². The van der Waals surface area contributed by atoms with Crippen molar-refractivity contribution in [3.8, 4) is 0 Å². The van der Waals surface area contributed by atoms with Gasteiger partial charge in [-0.1, -0.05) is 22.9 Å². The number of carbonyl (C=O) groups is 3. The van der Waals surface area contributed by atoms with Crippen molar-refractivity contribution < 1.29 is 41.9 Å². The molecular weight excluding hydrogens is 557 g/mol. The zero-order valence-corrected chi connectivity index (χ0v) is 23.0. The van der Waals surface area contributed by atoms with Crippen molar-refractivity contribution in [1.82, 2.24) is 10.2 Å². The first-order valence-electron chi connectivity index (χ1n) is 13.3. The number of benzene rings is 2. The Kier molecular flexibility index (Phi) is 9.45. The number of hydrogen-bond donors (Lipinski definition) is 3. The Morgan fingerprint density at radius 3 is 2.38 bits per heavy atom. The molecule has 42 heavy (non-hydrogen) atoms. The molecule has 0 saturated heterocycles. The number of nitrogens with one attached hydrogen (secondary N) is 2. The molecule has 4 rings (SSSR count). The molecule has 1 heterocycles. The number of aromatic nitrogens is 2. The highest BCUT2D eigenvalue weighted by molar-refractivity contribution is 6.04. The molecule has 11 nitrogen and oxygen atoms in total. The lowest BCUT2D eigenvalue weighted by Crippen LogP contribution is -2.43. The lowest BCUT2D eigenvalue weighted by molar-refractivity contribution is -0.787. The molecule has 3 amide bonds. The van der Waals surface area contributed by atoms with Gasteiger partial charge in [0.1, 0.15) is 0 Å². The summed E-state index contributed by atoms with van der Waals surface area (Å²) in [6.45, 7) is 1.01. The van der Waals surface area contributed by atoms with Gasteiger partial charge in [0.2, 0.25) is 18.0 Å². The van der Waals surface area contributed by atoms with Crippen molar-refractivity contribution in [3.63, 3.8) is 0 Å². The van der Waals surface area contributed by atoms with Gasteiger partial charge in [-0.15, -0.1) is 0 Å². The second-order valence-corrected chi connectivity index (χ2v) is 10.5. The fourth-order valence-electron chi connectivity index (χ4n) is 5.03. The van der Waals surface area contributed by atoms with Crippen LogP contribution in [-0.4, -0.2) is 53.8 Å². The molecule has 0 spiro atoms. The summed E-state index contributed by atoms with van der Waals surface area (Å²) < 4.78 is 47.5. The van der Waals surface area contributed by atoms with E-state index in [1.807, 2.05) is 14.1 Å². The molecule has 1 aromatic heterocycles. The molecular formula is C28H31F3N6O5. The minimum atomic E-state index is -4.78. The second-order valence-electron chi connectivity index (χ2n) is 10.5. The minimum Gasteiger partial charge on any atom is -0.478 e. The van der Waals surface area contributed by atoms with Gasteiger partial charge in [-0.05, 0) is 68.4 Å². The predicted molar refractivity (Wildman–Crippen MR) is 145 cm³/mol.